The molecule has 0 aromatic heterocycles. The highest BCUT2D eigenvalue weighted by molar-refractivity contribution is 6.98. The molecular weight excluding hydrogens is 1200 g/mol. The molecule has 0 fully saturated rings. The minimum atomic E-state index is -2.30. The molecule has 0 bridgehead atoms. The van der Waals surface area contributed by atoms with E-state index in [1.165, 1.54) is 27.1 Å². The molecule has 0 saturated carbocycles. The third-order valence-electron chi connectivity index (χ3n) is 17.4. The van der Waals surface area contributed by atoms with Crippen LogP contribution >= 0.6 is 0 Å². The standard InChI is InChI=1S/C74H95B2N5O12Si/c1-53(2)70(82)24-17-34-88-38-42-92-44-40-91-37-33-81(50-57-19-12-16-23-69(57)76(86)87)52-67-61-21-14-13-20-60(61)66(51-80(49-56-18-11-15-22-68(56)75(84)85)32-36-90-41-45-93-43-39-89-35-31-77-74(83)54(3)4)62-28-25-55(46-65(62)67)73-63-29-26-58(78(5)6)47-71(63)94(9,10)72-48-59(79(7)8)27-30-64(72)73/h11-16,18-23,25-30,46-48,84-87H,1,3,17,24,31-45,49-52H2,2,4-10H3/p+1. The van der Waals surface area contributed by atoms with E-state index >= 15 is 0 Å². The number of hydrogen-bond donors (Lipinski definition) is 5. The molecule has 498 valence electrons. The van der Waals surface area contributed by atoms with Crippen molar-refractivity contribution in [1.29, 1.82) is 0 Å². The highest BCUT2D eigenvalue weighted by atomic mass is 28.3. The largest absolute Gasteiger partial charge is 0.488 e. The zero-order chi connectivity index (χ0) is 67.3. The number of fused-ring (bicyclic) bond motifs is 4. The zero-order valence-electron chi connectivity index (χ0n) is 56.4. The van der Waals surface area contributed by atoms with Gasteiger partial charge < -0.3 is 58.7 Å². The maximum absolute atomic E-state index is 11.9. The lowest BCUT2D eigenvalue weighted by molar-refractivity contribution is -0.462. The predicted octanol–water partition coefficient (Wildman–Crippen LogP) is 6.62. The molecule has 1 heterocycles. The molecule has 8 rings (SSSR count). The summed E-state index contributed by atoms with van der Waals surface area (Å²) in [5, 5.41) is 52.6. The molecule has 5 N–H and O–H groups in total. The van der Waals surface area contributed by atoms with E-state index in [1.807, 2.05) is 36.4 Å². The van der Waals surface area contributed by atoms with Crippen molar-refractivity contribution < 1.29 is 62.7 Å². The van der Waals surface area contributed by atoms with Crippen molar-refractivity contribution in [2.75, 3.05) is 132 Å². The minimum Gasteiger partial charge on any atom is -0.423 e. The van der Waals surface area contributed by atoms with Crippen LogP contribution in [0.5, 0.6) is 0 Å². The molecule has 0 unspecified atom stereocenters. The SMILES string of the molecule is C=C(C)C(=O)CCCOCCOCCOCCN(Cc1ccccc1B(O)O)Cc1c2ccccc2c(CN(CCOCCOCCOCCNC(=O)C(=C)C)Cc2ccccc2B(O)O)c2ccc(C3=C4C=CC(=[N+](C)C)C=C4[Si](C)(C)c4cc(N(C)C)ccc43)cc12. The Balaban J connectivity index is 1.17. The third kappa shape index (κ3) is 19.6. The summed E-state index contributed by atoms with van der Waals surface area (Å²) in [4.78, 5) is 30.6. The molecule has 94 heavy (non-hydrogen) atoms. The average Bonchev–Trinajstić information content (AvgIpc) is 0.722. The van der Waals surface area contributed by atoms with Gasteiger partial charge >= 0.3 is 14.2 Å². The minimum absolute atomic E-state index is 0.0488. The van der Waals surface area contributed by atoms with Gasteiger partial charge in [-0.05, 0) is 137 Å². The summed E-state index contributed by atoms with van der Waals surface area (Å²) in [5.74, 6) is -0.151. The summed E-state index contributed by atoms with van der Waals surface area (Å²) in [6, 6.07) is 37.4. The maximum atomic E-state index is 11.9. The number of Topliss-reactive ketones (excluding diaryl/α,β-unsaturated/α-hetero) is 1. The second kappa shape index (κ2) is 35.7. The number of carbonyl (C=O) groups is 2. The highest BCUT2D eigenvalue weighted by Crippen LogP contribution is 2.44. The van der Waals surface area contributed by atoms with Gasteiger partial charge in [-0.25, -0.2) is 4.58 Å². The molecule has 6 aromatic carbocycles. The topological polar surface area (TPSA) is 195 Å². The van der Waals surface area contributed by atoms with Crippen LogP contribution in [0.25, 0.3) is 27.1 Å². The van der Waals surface area contributed by atoms with E-state index in [9.17, 15) is 29.7 Å². The molecule has 20 heteroatoms. The van der Waals surface area contributed by atoms with E-state index in [2.05, 4.69) is 158 Å². The van der Waals surface area contributed by atoms with Crippen molar-refractivity contribution in [2.24, 2.45) is 0 Å². The lowest BCUT2D eigenvalue weighted by atomic mass is 9.77. The van der Waals surface area contributed by atoms with Crippen molar-refractivity contribution in [3.63, 3.8) is 0 Å². The summed E-state index contributed by atoms with van der Waals surface area (Å²) >= 11 is 0. The Morgan fingerprint density at radius 3 is 1.60 bits per heavy atom. The molecule has 6 aromatic rings. The number of anilines is 1. The smallest absolute Gasteiger partial charge is 0.423 e. The molecule has 2 aliphatic rings. The van der Waals surface area contributed by atoms with Crippen LogP contribution in [0.15, 0.2) is 162 Å². The second-order valence-corrected chi connectivity index (χ2v) is 29.4. The number of nitrogens with one attached hydrogen (secondary N) is 1. The van der Waals surface area contributed by atoms with Crippen LogP contribution < -0.4 is 26.3 Å². The van der Waals surface area contributed by atoms with Gasteiger partial charge in [-0.15, -0.1) is 0 Å². The number of rotatable bonds is 39. The molecule has 0 radical (unpaired) electrons. The quantitative estimate of drug-likeness (QED) is 0.00908. The molecule has 0 saturated heterocycles. The van der Waals surface area contributed by atoms with Crippen LogP contribution in [0.2, 0.25) is 13.1 Å². The van der Waals surface area contributed by atoms with Crippen LogP contribution in [-0.4, -0.2) is 201 Å². The van der Waals surface area contributed by atoms with Crippen molar-refractivity contribution in [2.45, 2.75) is 66.0 Å². The Kier molecular flexibility index (Phi) is 27.6. The van der Waals surface area contributed by atoms with E-state index in [1.54, 1.807) is 26.0 Å². The van der Waals surface area contributed by atoms with Crippen molar-refractivity contribution in [3.8, 4) is 0 Å². The Hall–Kier alpha value is -6.98. The van der Waals surface area contributed by atoms with Gasteiger partial charge in [-0.1, -0.05) is 117 Å². The van der Waals surface area contributed by atoms with Crippen LogP contribution in [0.4, 0.5) is 5.69 Å². The maximum Gasteiger partial charge on any atom is 0.488 e. The first-order chi connectivity index (χ1) is 45.2. The molecule has 1 amide bonds. The van der Waals surface area contributed by atoms with E-state index in [0.29, 0.717) is 160 Å². The van der Waals surface area contributed by atoms with Gasteiger partial charge in [-0.2, -0.15) is 0 Å². The monoisotopic (exact) mass is 1300 g/mol. The van der Waals surface area contributed by atoms with Gasteiger partial charge in [0.2, 0.25) is 5.91 Å². The van der Waals surface area contributed by atoms with Crippen molar-refractivity contribution >= 4 is 88.6 Å². The fourth-order valence-electron chi connectivity index (χ4n) is 12.2. The number of benzene rings is 6. The van der Waals surface area contributed by atoms with Gasteiger partial charge in [-0.3, -0.25) is 19.4 Å². The number of carbonyl (C=O) groups excluding carboxylic acids is 2. The van der Waals surface area contributed by atoms with E-state index in [-0.39, 0.29) is 11.7 Å². The van der Waals surface area contributed by atoms with E-state index in [0.717, 1.165) is 60.8 Å². The van der Waals surface area contributed by atoms with Crippen molar-refractivity contribution in [1.82, 2.24) is 15.1 Å². The molecule has 0 spiro atoms. The summed E-state index contributed by atoms with van der Waals surface area (Å²) in [5.41, 5.74) is 12.7. The second-order valence-electron chi connectivity index (χ2n) is 25.1. The van der Waals surface area contributed by atoms with Gasteiger partial charge in [0, 0.05) is 96.3 Å². The number of hydrogen-bond acceptors (Lipinski definition) is 15. The summed E-state index contributed by atoms with van der Waals surface area (Å²) in [6.07, 6.45) is 8.00. The predicted molar refractivity (Wildman–Crippen MR) is 382 cm³/mol. The summed E-state index contributed by atoms with van der Waals surface area (Å²) in [6.45, 7) is 23.4. The fraction of sp³-hybridized carbons (Fsp3) is 0.392. The third-order valence-corrected chi connectivity index (χ3v) is 20.9. The van der Waals surface area contributed by atoms with Gasteiger partial charge in [0.05, 0.1) is 72.7 Å². The fourth-order valence-corrected chi connectivity index (χ4v) is 15.2. The van der Waals surface area contributed by atoms with Gasteiger partial charge in [0.25, 0.3) is 0 Å². The molecule has 1 aliphatic heterocycles. The first-order valence-electron chi connectivity index (χ1n) is 32.6. The first-order valence-corrected chi connectivity index (χ1v) is 35.6. The lowest BCUT2D eigenvalue weighted by Crippen LogP contribution is -2.49. The van der Waals surface area contributed by atoms with E-state index < -0.39 is 22.3 Å². The van der Waals surface area contributed by atoms with Gasteiger partial charge in [0.15, 0.2) is 11.5 Å². The number of ether oxygens (including phenoxy) is 6. The number of ketones is 1. The highest BCUT2D eigenvalue weighted by Gasteiger charge is 2.41. The normalized spacial score (nSPS) is 13.4. The molecule has 17 nitrogen and oxygen atoms in total. The summed E-state index contributed by atoms with van der Waals surface area (Å²) in [7, 11) is 2.74. The van der Waals surface area contributed by atoms with Crippen LogP contribution in [0.1, 0.15) is 60.1 Å². The molecule has 1 aliphatic carbocycles. The first kappa shape index (κ1) is 72.8. The number of amides is 1. The lowest BCUT2D eigenvalue weighted by Gasteiger charge is -2.38. The number of nitrogens with zero attached hydrogens (tertiary/aromatic N) is 4. The Morgan fingerprint density at radius 2 is 1.07 bits per heavy atom. The van der Waals surface area contributed by atoms with Crippen LogP contribution in [-0.2, 0) is 64.2 Å². The Bertz CT molecular complexity index is 3750. The molecule has 0 atom stereocenters. The van der Waals surface area contributed by atoms with Gasteiger partial charge in [0.1, 0.15) is 22.2 Å². The average molecular weight is 1300 g/mol. The molecular formula is C74H96B2N5O12Si+. The summed E-state index contributed by atoms with van der Waals surface area (Å²) < 4.78 is 37.8. The zero-order valence-corrected chi connectivity index (χ0v) is 57.4. The van der Waals surface area contributed by atoms with Crippen molar-refractivity contribution in [3.05, 3.63) is 196 Å². The van der Waals surface area contributed by atoms with Crippen LogP contribution in [0, 0.1) is 0 Å². The van der Waals surface area contributed by atoms with E-state index in [4.69, 9.17) is 28.4 Å². The Labute approximate surface area is 557 Å². The Morgan fingerprint density at radius 1 is 0.574 bits per heavy atom. The number of allylic oxidation sites excluding steroid dienone is 6. The van der Waals surface area contributed by atoms with Crippen LogP contribution in [0.3, 0.4) is 0 Å².